The molecule has 0 bridgehead atoms. The van der Waals surface area contributed by atoms with Gasteiger partial charge in [0.15, 0.2) is 0 Å². The van der Waals surface area contributed by atoms with Gasteiger partial charge in [-0.25, -0.2) is 0 Å². The average molecular weight is 334 g/mol. The predicted octanol–water partition coefficient (Wildman–Crippen LogP) is 2.21. The van der Waals surface area contributed by atoms with Crippen LogP contribution in [-0.4, -0.2) is 38.6 Å². The van der Waals surface area contributed by atoms with Crippen LogP contribution in [0.3, 0.4) is 0 Å². The van der Waals surface area contributed by atoms with Crippen molar-refractivity contribution < 1.29 is 25.2 Å². The van der Waals surface area contributed by atoms with Gasteiger partial charge in [0.2, 0.25) is 0 Å². The lowest BCUT2D eigenvalue weighted by molar-refractivity contribution is -0.139. The summed E-state index contributed by atoms with van der Waals surface area (Å²) < 4.78 is 0. The molecule has 5 nitrogen and oxygen atoms in total. The third-order valence-electron chi connectivity index (χ3n) is 4.60. The van der Waals surface area contributed by atoms with Crippen molar-refractivity contribution in [3.63, 3.8) is 0 Å². The van der Waals surface area contributed by atoms with Crippen molar-refractivity contribution in [1.82, 2.24) is 0 Å². The van der Waals surface area contributed by atoms with Crippen LogP contribution in [0.4, 0.5) is 0 Å². The first kappa shape index (κ1) is 18.6. The summed E-state index contributed by atoms with van der Waals surface area (Å²) in [6.45, 7) is 4.09. The van der Waals surface area contributed by atoms with Crippen LogP contribution in [0.2, 0.25) is 0 Å². The highest BCUT2D eigenvalue weighted by Crippen LogP contribution is 2.36. The molecule has 1 aromatic carbocycles. The van der Waals surface area contributed by atoms with Crippen molar-refractivity contribution in [2.24, 2.45) is 5.92 Å². The van der Waals surface area contributed by atoms with Crippen molar-refractivity contribution in [3.05, 3.63) is 40.5 Å². The molecule has 0 radical (unpaired) electrons. The molecule has 0 amide bonds. The predicted molar refractivity (Wildman–Crippen MR) is 91.5 cm³/mol. The van der Waals surface area contributed by atoms with E-state index in [4.69, 9.17) is 5.11 Å². The number of carboxylic acid groups (broad SMARTS) is 1. The lowest BCUT2D eigenvalue weighted by Gasteiger charge is -2.28. The van der Waals surface area contributed by atoms with E-state index in [9.17, 15) is 20.1 Å². The summed E-state index contributed by atoms with van der Waals surface area (Å²) in [5.74, 6) is -0.627. The minimum Gasteiger partial charge on any atom is -0.481 e. The van der Waals surface area contributed by atoms with E-state index in [1.165, 1.54) is 5.56 Å². The van der Waals surface area contributed by atoms with Crippen LogP contribution in [0.5, 0.6) is 0 Å². The highest BCUT2D eigenvalue weighted by molar-refractivity contribution is 5.67. The van der Waals surface area contributed by atoms with Gasteiger partial charge in [0.05, 0.1) is 24.7 Å². The topological polar surface area (TPSA) is 98.0 Å². The molecular weight excluding hydrogens is 308 g/mol. The maximum absolute atomic E-state index is 10.5. The second-order valence-electron chi connectivity index (χ2n) is 6.83. The molecule has 0 aromatic heterocycles. The number of carbonyl (C=O) groups is 1. The van der Waals surface area contributed by atoms with Gasteiger partial charge < -0.3 is 20.4 Å². The first-order chi connectivity index (χ1) is 11.3. The van der Waals surface area contributed by atoms with Gasteiger partial charge in [-0.2, -0.15) is 0 Å². The number of aliphatic hydroxyl groups excluding tert-OH is 3. The molecule has 0 saturated carbocycles. The van der Waals surface area contributed by atoms with Gasteiger partial charge >= 0.3 is 5.97 Å². The number of rotatable bonds is 6. The molecule has 1 aliphatic rings. The van der Waals surface area contributed by atoms with Crippen LogP contribution in [0.15, 0.2) is 18.2 Å². The van der Waals surface area contributed by atoms with Crippen molar-refractivity contribution in [2.75, 3.05) is 0 Å². The molecule has 1 aromatic rings. The Bertz CT molecular complexity index is 622. The average Bonchev–Trinajstić information content (AvgIpc) is 2.44. The molecule has 1 aliphatic carbocycles. The Morgan fingerprint density at radius 2 is 2.08 bits per heavy atom. The Morgan fingerprint density at radius 1 is 1.38 bits per heavy atom. The first-order valence-corrected chi connectivity index (χ1v) is 8.34. The standard InChI is InChI=1S/C19H26O5/c1-11-7-14-4-3-13(12(2)19(14)17(22)8-11)5-6-15(20)9-16(21)10-18(23)24/h3-6,11,15-17,20-22H,7-10H2,1-2H3,(H,23,24)/b6-5+. The van der Waals surface area contributed by atoms with Crippen LogP contribution < -0.4 is 0 Å². The molecule has 0 aliphatic heterocycles. The van der Waals surface area contributed by atoms with Gasteiger partial charge in [0.1, 0.15) is 0 Å². The molecule has 0 spiro atoms. The van der Waals surface area contributed by atoms with Crippen molar-refractivity contribution in [3.8, 4) is 0 Å². The summed E-state index contributed by atoms with van der Waals surface area (Å²) in [4.78, 5) is 10.5. The van der Waals surface area contributed by atoms with Gasteiger partial charge in [0.25, 0.3) is 0 Å². The zero-order valence-corrected chi connectivity index (χ0v) is 14.1. The van der Waals surface area contributed by atoms with E-state index in [1.807, 2.05) is 19.1 Å². The van der Waals surface area contributed by atoms with Gasteiger partial charge in [0, 0.05) is 6.42 Å². The molecule has 4 atom stereocenters. The fourth-order valence-corrected chi connectivity index (χ4v) is 3.44. The Morgan fingerprint density at radius 3 is 2.75 bits per heavy atom. The Labute approximate surface area is 142 Å². The fourth-order valence-electron chi connectivity index (χ4n) is 3.44. The molecule has 2 rings (SSSR count). The number of hydrogen-bond acceptors (Lipinski definition) is 4. The van der Waals surface area contributed by atoms with Crippen LogP contribution >= 0.6 is 0 Å². The number of aliphatic carboxylic acids is 1. The summed E-state index contributed by atoms with van der Waals surface area (Å²) >= 11 is 0. The summed E-state index contributed by atoms with van der Waals surface area (Å²) in [5, 5.41) is 38.4. The number of aliphatic hydroxyl groups is 3. The maximum atomic E-state index is 10.5. The highest BCUT2D eigenvalue weighted by Gasteiger charge is 2.25. The van der Waals surface area contributed by atoms with Crippen molar-refractivity contribution in [1.29, 1.82) is 0 Å². The summed E-state index contributed by atoms with van der Waals surface area (Å²) in [6, 6.07) is 3.99. The van der Waals surface area contributed by atoms with E-state index in [-0.39, 0.29) is 12.8 Å². The van der Waals surface area contributed by atoms with Gasteiger partial charge in [-0.1, -0.05) is 31.2 Å². The minimum absolute atomic E-state index is 0.0209. The van der Waals surface area contributed by atoms with E-state index in [1.54, 1.807) is 12.2 Å². The number of benzene rings is 1. The molecule has 132 valence electrons. The molecular formula is C19H26O5. The lowest BCUT2D eigenvalue weighted by atomic mass is 9.80. The first-order valence-electron chi connectivity index (χ1n) is 8.34. The lowest BCUT2D eigenvalue weighted by Crippen LogP contribution is -2.19. The molecule has 5 heteroatoms. The molecule has 4 N–H and O–H groups in total. The zero-order chi connectivity index (χ0) is 17.9. The van der Waals surface area contributed by atoms with E-state index in [0.717, 1.165) is 29.5 Å². The fraction of sp³-hybridized carbons (Fsp3) is 0.526. The molecule has 0 saturated heterocycles. The van der Waals surface area contributed by atoms with Gasteiger partial charge in [-0.05, 0) is 47.9 Å². The third kappa shape index (κ3) is 4.66. The smallest absolute Gasteiger partial charge is 0.305 e. The maximum Gasteiger partial charge on any atom is 0.305 e. The summed E-state index contributed by atoms with van der Waals surface area (Å²) in [5.41, 5.74) is 4.07. The van der Waals surface area contributed by atoms with Crippen molar-refractivity contribution >= 4 is 12.0 Å². The Balaban J connectivity index is 2.10. The van der Waals surface area contributed by atoms with Gasteiger partial charge in [-0.3, -0.25) is 4.79 Å². The van der Waals surface area contributed by atoms with Crippen LogP contribution in [0, 0.1) is 12.8 Å². The minimum atomic E-state index is -1.09. The van der Waals surface area contributed by atoms with Crippen LogP contribution in [-0.2, 0) is 11.2 Å². The monoisotopic (exact) mass is 334 g/mol. The number of fused-ring (bicyclic) bond motifs is 1. The van der Waals surface area contributed by atoms with Crippen molar-refractivity contribution in [2.45, 2.75) is 57.8 Å². The largest absolute Gasteiger partial charge is 0.481 e. The molecule has 4 unspecified atom stereocenters. The summed E-state index contributed by atoms with van der Waals surface area (Å²) in [6.07, 6.45) is 2.18. The molecule has 0 heterocycles. The Hall–Kier alpha value is -1.69. The Kier molecular flexibility index (Phi) is 6.15. The summed E-state index contributed by atoms with van der Waals surface area (Å²) in [7, 11) is 0. The third-order valence-corrected chi connectivity index (χ3v) is 4.60. The normalized spacial score (nSPS) is 23.0. The van der Waals surface area contributed by atoms with E-state index >= 15 is 0 Å². The SMILES string of the molecule is Cc1c(/C=C/C(O)CC(O)CC(=O)O)ccc2c1C(O)CC(C)C2. The molecule has 24 heavy (non-hydrogen) atoms. The van der Waals surface area contributed by atoms with E-state index in [0.29, 0.717) is 5.92 Å². The molecule has 0 fully saturated rings. The van der Waals surface area contributed by atoms with E-state index in [2.05, 4.69) is 6.92 Å². The second-order valence-corrected chi connectivity index (χ2v) is 6.83. The number of hydrogen-bond donors (Lipinski definition) is 4. The highest BCUT2D eigenvalue weighted by atomic mass is 16.4. The quantitative estimate of drug-likeness (QED) is 0.639. The zero-order valence-electron chi connectivity index (χ0n) is 14.1. The van der Waals surface area contributed by atoms with Crippen LogP contribution in [0.25, 0.3) is 6.08 Å². The van der Waals surface area contributed by atoms with E-state index < -0.39 is 24.3 Å². The van der Waals surface area contributed by atoms with Crippen LogP contribution in [0.1, 0.15) is 54.5 Å². The second kappa shape index (κ2) is 7.92. The van der Waals surface area contributed by atoms with Gasteiger partial charge in [-0.15, -0.1) is 0 Å². The number of carboxylic acids is 1.